The molecule has 0 aromatic heterocycles. The molecule has 0 fully saturated rings. The molecule has 0 saturated heterocycles. The molecule has 1 aliphatic heterocycles. The lowest BCUT2D eigenvalue weighted by molar-refractivity contribution is 0.175. The van der Waals surface area contributed by atoms with Crippen molar-refractivity contribution in [1.82, 2.24) is 10.3 Å². The van der Waals surface area contributed by atoms with Crippen LogP contribution in [0.2, 0.25) is 0 Å². The van der Waals surface area contributed by atoms with Crippen LogP contribution in [-0.2, 0) is 4.74 Å². The van der Waals surface area contributed by atoms with Crippen LogP contribution in [0.4, 0.5) is 4.79 Å². The summed E-state index contributed by atoms with van der Waals surface area (Å²) in [5, 5.41) is 9.07. The van der Waals surface area contributed by atoms with Crippen LogP contribution >= 0.6 is 12.2 Å². The quantitative estimate of drug-likeness (QED) is 0.851. The van der Waals surface area contributed by atoms with Crippen molar-refractivity contribution in [3.05, 3.63) is 71.8 Å². The molecule has 6 heteroatoms. The Morgan fingerprint density at radius 2 is 1.79 bits per heavy atom. The van der Waals surface area contributed by atoms with Crippen LogP contribution in [-0.4, -0.2) is 29.0 Å². The molecule has 24 heavy (non-hydrogen) atoms. The summed E-state index contributed by atoms with van der Waals surface area (Å²) in [6.45, 7) is 0. The maximum atomic E-state index is 11.5. The Bertz CT molecular complexity index is 762. The molecule has 0 spiro atoms. The van der Waals surface area contributed by atoms with Gasteiger partial charge in [0.2, 0.25) is 0 Å². The summed E-state index contributed by atoms with van der Waals surface area (Å²) in [5.41, 5.74) is 3.06. The summed E-state index contributed by atoms with van der Waals surface area (Å²) >= 11 is 5.34. The minimum absolute atomic E-state index is 0.0638. The summed E-state index contributed by atoms with van der Waals surface area (Å²) < 4.78 is 4.62. The van der Waals surface area contributed by atoms with Crippen molar-refractivity contribution in [2.75, 3.05) is 7.11 Å². The van der Waals surface area contributed by atoms with Crippen LogP contribution in [0, 0.1) is 0 Å². The van der Waals surface area contributed by atoms with E-state index < -0.39 is 6.09 Å². The minimum atomic E-state index is -0.602. The Labute approximate surface area is 145 Å². The molecule has 0 bridgehead atoms. The molecular weight excluding hydrogens is 322 g/mol. The summed E-state index contributed by atoms with van der Waals surface area (Å²) in [4.78, 5) is 11.5. The lowest BCUT2D eigenvalue weighted by Gasteiger charge is -2.23. The van der Waals surface area contributed by atoms with Gasteiger partial charge in [0.1, 0.15) is 0 Å². The van der Waals surface area contributed by atoms with Crippen LogP contribution in [0.15, 0.2) is 65.8 Å². The molecule has 1 amide bonds. The first-order valence-electron chi connectivity index (χ1n) is 7.55. The molecule has 122 valence electrons. The molecule has 1 atom stereocenters. The van der Waals surface area contributed by atoms with E-state index in [-0.39, 0.29) is 11.2 Å². The van der Waals surface area contributed by atoms with Crippen LogP contribution in [0.5, 0.6) is 0 Å². The molecule has 0 saturated carbocycles. The number of nitrogens with one attached hydrogen (secondary N) is 1. The minimum Gasteiger partial charge on any atom is -0.453 e. The average molecular weight is 339 g/mol. The van der Waals surface area contributed by atoms with E-state index in [1.54, 1.807) is 5.01 Å². The maximum absolute atomic E-state index is 11.5. The molecule has 1 N–H and O–H groups in total. The fourth-order valence-electron chi connectivity index (χ4n) is 2.63. The number of nitrogens with zero attached hydrogens (tertiary/aromatic N) is 2. The summed E-state index contributed by atoms with van der Waals surface area (Å²) in [7, 11) is 1.30. The number of benzene rings is 2. The van der Waals surface area contributed by atoms with Gasteiger partial charge >= 0.3 is 6.09 Å². The third kappa shape index (κ3) is 3.44. The van der Waals surface area contributed by atoms with Crippen LogP contribution < -0.4 is 5.32 Å². The summed E-state index contributed by atoms with van der Waals surface area (Å²) in [6.07, 6.45) is 0.104. The molecule has 2 aromatic rings. The zero-order valence-electron chi connectivity index (χ0n) is 13.2. The molecule has 1 heterocycles. The first-order chi connectivity index (χ1) is 11.7. The number of ether oxygens (including phenoxy) is 1. The van der Waals surface area contributed by atoms with Crippen molar-refractivity contribution in [2.45, 2.75) is 12.5 Å². The fraction of sp³-hybridized carbons (Fsp3) is 0.167. The van der Waals surface area contributed by atoms with Gasteiger partial charge in [-0.05, 0) is 23.3 Å². The number of thiocarbonyl (C=S) groups is 1. The second kappa shape index (κ2) is 7.23. The molecule has 0 radical (unpaired) electrons. The molecule has 5 nitrogen and oxygen atoms in total. The van der Waals surface area contributed by atoms with Gasteiger partial charge in [-0.1, -0.05) is 60.7 Å². The first-order valence-corrected chi connectivity index (χ1v) is 7.96. The maximum Gasteiger partial charge on any atom is 0.413 e. The number of amides is 1. The highest BCUT2D eigenvalue weighted by Gasteiger charge is 2.31. The van der Waals surface area contributed by atoms with Crippen LogP contribution in [0.3, 0.4) is 0 Å². The van der Waals surface area contributed by atoms with Gasteiger partial charge in [0.05, 0.1) is 18.9 Å². The molecule has 0 aliphatic carbocycles. The highest BCUT2D eigenvalue weighted by molar-refractivity contribution is 7.80. The van der Waals surface area contributed by atoms with E-state index in [2.05, 4.69) is 15.2 Å². The van der Waals surface area contributed by atoms with Crippen molar-refractivity contribution in [2.24, 2.45) is 5.10 Å². The number of carbonyl (C=O) groups excluding carboxylic acids is 1. The Morgan fingerprint density at radius 1 is 1.17 bits per heavy atom. The monoisotopic (exact) mass is 339 g/mol. The van der Waals surface area contributed by atoms with Crippen LogP contribution in [0.25, 0.3) is 0 Å². The smallest absolute Gasteiger partial charge is 0.413 e. The van der Waals surface area contributed by atoms with E-state index in [1.165, 1.54) is 7.11 Å². The third-order valence-electron chi connectivity index (χ3n) is 3.80. The van der Waals surface area contributed by atoms with Gasteiger partial charge in [-0.3, -0.25) is 5.32 Å². The van der Waals surface area contributed by atoms with Crippen LogP contribution in [0.1, 0.15) is 23.6 Å². The number of rotatable bonds is 2. The Balaban J connectivity index is 1.91. The number of carbonyl (C=O) groups is 1. The van der Waals surface area contributed by atoms with Crippen molar-refractivity contribution in [1.29, 1.82) is 0 Å². The van der Waals surface area contributed by atoms with E-state index in [0.717, 1.165) is 16.8 Å². The Kier molecular flexibility index (Phi) is 4.86. The van der Waals surface area contributed by atoms with Gasteiger partial charge in [0, 0.05) is 6.42 Å². The van der Waals surface area contributed by atoms with E-state index >= 15 is 0 Å². The summed E-state index contributed by atoms with van der Waals surface area (Å²) in [5.74, 6) is 0. The number of hydrogen-bond donors (Lipinski definition) is 1. The lowest BCUT2D eigenvalue weighted by atomic mass is 9.99. The third-order valence-corrected chi connectivity index (χ3v) is 4.09. The van der Waals surface area contributed by atoms with E-state index in [0.29, 0.717) is 6.42 Å². The standard InChI is InChI=1S/C18H17N3O2S/c1-23-18(22)19-17(24)21-16(14-10-6-3-7-11-14)12-15(20-21)13-8-4-2-5-9-13/h2-11,16H,12H2,1H3,(H,19,22,24)/t16-/m0/s1. The molecular formula is C18H17N3O2S. The van der Waals surface area contributed by atoms with Gasteiger partial charge < -0.3 is 4.74 Å². The SMILES string of the molecule is COC(=O)NC(=S)N1N=C(c2ccccc2)C[C@H]1c1ccccc1. The second-order valence-electron chi connectivity index (χ2n) is 5.31. The van der Waals surface area contributed by atoms with Crippen molar-refractivity contribution in [3.8, 4) is 0 Å². The second-order valence-corrected chi connectivity index (χ2v) is 5.70. The van der Waals surface area contributed by atoms with Gasteiger partial charge in [0.25, 0.3) is 0 Å². The zero-order valence-corrected chi connectivity index (χ0v) is 14.0. The van der Waals surface area contributed by atoms with Gasteiger partial charge in [-0.2, -0.15) is 5.10 Å². The largest absolute Gasteiger partial charge is 0.453 e. The average Bonchev–Trinajstić information content (AvgIpc) is 3.08. The highest BCUT2D eigenvalue weighted by Crippen LogP contribution is 2.32. The number of hydrazone groups is 1. The molecule has 3 rings (SSSR count). The Morgan fingerprint density at radius 3 is 2.42 bits per heavy atom. The fourth-order valence-corrected chi connectivity index (χ4v) is 2.88. The number of alkyl carbamates (subject to hydrolysis) is 1. The molecule has 2 aromatic carbocycles. The van der Waals surface area contributed by atoms with Gasteiger partial charge in [-0.15, -0.1) is 0 Å². The van der Waals surface area contributed by atoms with E-state index in [1.807, 2.05) is 60.7 Å². The van der Waals surface area contributed by atoms with Crippen molar-refractivity contribution in [3.63, 3.8) is 0 Å². The number of methoxy groups -OCH3 is 1. The lowest BCUT2D eigenvalue weighted by Crippen LogP contribution is -2.40. The Hall–Kier alpha value is -2.73. The van der Waals surface area contributed by atoms with E-state index in [9.17, 15) is 4.79 Å². The molecule has 1 aliphatic rings. The normalized spacial score (nSPS) is 16.5. The van der Waals surface area contributed by atoms with Crippen molar-refractivity contribution < 1.29 is 9.53 Å². The molecule has 0 unspecified atom stereocenters. The highest BCUT2D eigenvalue weighted by atomic mass is 32.1. The predicted molar refractivity (Wildman–Crippen MR) is 96.8 cm³/mol. The summed E-state index contributed by atoms with van der Waals surface area (Å²) in [6, 6.07) is 19.9. The number of hydrogen-bond acceptors (Lipinski definition) is 4. The zero-order chi connectivity index (χ0) is 16.9. The van der Waals surface area contributed by atoms with Gasteiger partial charge in [0.15, 0.2) is 5.11 Å². The predicted octanol–water partition coefficient (Wildman–Crippen LogP) is 3.48. The first kappa shape index (κ1) is 16.1. The topological polar surface area (TPSA) is 53.9 Å². The van der Waals surface area contributed by atoms with E-state index in [4.69, 9.17) is 12.2 Å². The van der Waals surface area contributed by atoms with Crippen molar-refractivity contribution >= 4 is 29.1 Å². The van der Waals surface area contributed by atoms with Gasteiger partial charge in [-0.25, -0.2) is 9.80 Å².